The van der Waals surface area contributed by atoms with E-state index in [2.05, 4.69) is 27.3 Å². The van der Waals surface area contributed by atoms with E-state index in [1.54, 1.807) is 12.1 Å². The molecule has 5 rings (SSSR count). The number of rotatable bonds is 5. The van der Waals surface area contributed by atoms with Crippen LogP contribution in [0.2, 0.25) is 0 Å². The van der Waals surface area contributed by atoms with Gasteiger partial charge in [0, 0.05) is 15.6 Å². The maximum absolute atomic E-state index is 13.3. The fourth-order valence-electron chi connectivity index (χ4n) is 4.20. The summed E-state index contributed by atoms with van der Waals surface area (Å²) in [7, 11) is 0. The van der Waals surface area contributed by atoms with Crippen molar-refractivity contribution in [1.82, 2.24) is 5.32 Å². The number of hydrogen-bond donors (Lipinski definition) is 2. The topological polar surface area (TPSA) is 95.9 Å². The van der Waals surface area contributed by atoms with Crippen LogP contribution >= 0.6 is 15.9 Å². The third-order valence-electron chi connectivity index (χ3n) is 6.13. The molecule has 4 aromatic rings. The Morgan fingerprint density at radius 1 is 0.973 bits per heavy atom. The van der Waals surface area contributed by atoms with Gasteiger partial charge >= 0.3 is 6.03 Å². The smallest absolute Gasteiger partial charge is 0.335 e. The average molecular weight is 557 g/mol. The highest BCUT2D eigenvalue weighted by Gasteiger charge is 2.37. The van der Waals surface area contributed by atoms with Gasteiger partial charge in [0.2, 0.25) is 0 Å². The number of fused-ring (bicyclic) bond motifs is 1. The Kier molecular flexibility index (Phi) is 6.50. The first-order chi connectivity index (χ1) is 17.8. The lowest BCUT2D eigenvalue weighted by Gasteiger charge is -2.26. The molecule has 0 radical (unpaired) electrons. The monoisotopic (exact) mass is 556 g/mol. The van der Waals surface area contributed by atoms with Crippen LogP contribution in [-0.2, 0) is 16.2 Å². The van der Waals surface area contributed by atoms with E-state index in [9.17, 15) is 19.5 Å². The highest BCUT2D eigenvalue weighted by Crippen LogP contribution is 2.30. The van der Waals surface area contributed by atoms with Crippen molar-refractivity contribution in [2.24, 2.45) is 0 Å². The Hall–Kier alpha value is -4.43. The minimum atomic E-state index is -0.866. The molecule has 1 heterocycles. The first-order valence-corrected chi connectivity index (χ1v) is 12.2. The first kappa shape index (κ1) is 24.3. The van der Waals surface area contributed by atoms with Gasteiger partial charge < -0.3 is 9.84 Å². The van der Waals surface area contributed by atoms with Crippen LogP contribution in [0.3, 0.4) is 0 Å². The van der Waals surface area contributed by atoms with E-state index in [-0.39, 0.29) is 23.6 Å². The van der Waals surface area contributed by atoms with Gasteiger partial charge in [-0.2, -0.15) is 0 Å². The fraction of sp³-hybridized carbons (Fsp3) is 0.0690. The summed E-state index contributed by atoms with van der Waals surface area (Å²) in [5, 5.41) is 14.0. The second kappa shape index (κ2) is 9.91. The predicted molar refractivity (Wildman–Crippen MR) is 144 cm³/mol. The molecule has 2 N–H and O–H groups in total. The molecule has 1 aliphatic rings. The SMILES string of the molecule is Cc1ccc2ccccc2c1COc1ccc(Br)cc1/C=C1\C(=O)NC(=O)N(c2ccc(O)cc2)C1=O. The van der Waals surface area contributed by atoms with Crippen LogP contribution < -0.4 is 15.0 Å². The molecule has 0 aliphatic carbocycles. The average Bonchev–Trinajstić information content (AvgIpc) is 2.88. The van der Waals surface area contributed by atoms with Gasteiger partial charge in [-0.3, -0.25) is 14.9 Å². The number of barbiturate groups is 1. The Bertz CT molecular complexity index is 1590. The summed E-state index contributed by atoms with van der Waals surface area (Å²) in [5.41, 5.74) is 2.61. The van der Waals surface area contributed by atoms with Gasteiger partial charge in [-0.1, -0.05) is 52.3 Å². The van der Waals surface area contributed by atoms with Crippen LogP contribution in [0.15, 0.2) is 88.9 Å². The van der Waals surface area contributed by atoms with Gasteiger partial charge in [-0.25, -0.2) is 9.69 Å². The van der Waals surface area contributed by atoms with E-state index in [1.165, 1.54) is 30.3 Å². The number of nitrogens with one attached hydrogen (secondary N) is 1. The Balaban J connectivity index is 1.49. The summed E-state index contributed by atoms with van der Waals surface area (Å²) in [6.07, 6.45) is 1.41. The lowest BCUT2D eigenvalue weighted by molar-refractivity contribution is -0.122. The van der Waals surface area contributed by atoms with Crippen molar-refractivity contribution in [3.8, 4) is 11.5 Å². The lowest BCUT2D eigenvalue weighted by Crippen LogP contribution is -2.54. The van der Waals surface area contributed by atoms with E-state index in [0.717, 1.165) is 31.3 Å². The van der Waals surface area contributed by atoms with Crippen molar-refractivity contribution in [3.63, 3.8) is 0 Å². The molecule has 37 heavy (non-hydrogen) atoms. The highest BCUT2D eigenvalue weighted by atomic mass is 79.9. The van der Waals surface area contributed by atoms with Crippen LogP contribution in [0.5, 0.6) is 11.5 Å². The number of carbonyl (C=O) groups is 3. The van der Waals surface area contributed by atoms with Crippen LogP contribution in [0, 0.1) is 6.92 Å². The molecule has 1 aliphatic heterocycles. The number of anilines is 1. The van der Waals surface area contributed by atoms with Crippen LogP contribution in [0.1, 0.15) is 16.7 Å². The minimum Gasteiger partial charge on any atom is -0.508 e. The fourth-order valence-corrected chi connectivity index (χ4v) is 4.58. The molecular weight excluding hydrogens is 536 g/mol. The van der Waals surface area contributed by atoms with Gasteiger partial charge in [0.05, 0.1) is 5.69 Å². The van der Waals surface area contributed by atoms with Gasteiger partial charge in [-0.15, -0.1) is 0 Å². The van der Waals surface area contributed by atoms with Crippen molar-refractivity contribution in [2.45, 2.75) is 13.5 Å². The molecule has 184 valence electrons. The van der Waals surface area contributed by atoms with E-state index in [1.807, 2.05) is 43.3 Å². The zero-order chi connectivity index (χ0) is 26.1. The van der Waals surface area contributed by atoms with Crippen LogP contribution in [-0.4, -0.2) is 23.0 Å². The third-order valence-corrected chi connectivity index (χ3v) is 6.62. The number of ether oxygens (including phenoxy) is 1. The number of nitrogens with zero attached hydrogens (tertiary/aromatic N) is 1. The number of phenols is 1. The molecule has 0 aromatic heterocycles. The van der Waals surface area contributed by atoms with Gasteiger partial charge in [0.1, 0.15) is 23.7 Å². The number of hydrogen-bond acceptors (Lipinski definition) is 5. The maximum atomic E-state index is 13.3. The molecule has 1 fully saturated rings. The highest BCUT2D eigenvalue weighted by molar-refractivity contribution is 9.10. The Morgan fingerprint density at radius 3 is 2.51 bits per heavy atom. The number of benzene rings is 4. The zero-order valence-corrected chi connectivity index (χ0v) is 21.3. The van der Waals surface area contributed by atoms with Crippen molar-refractivity contribution >= 4 is 56.3 Å². The standard InChI is InChI=1S/C29H21BrN2O5/c1-17-6-7-18-4-2-3-5-23(18)25(17)16-37-26-13-8-20(30)14-19(26)15-24-27(34)31-29(36)32(28(24)35)21-9-11-22(33)12-10-21/h2-15,33H,16H2,1H3,(H,31,34,36)/b24-15+. The minimum absolute atomic E-state index is 0.0159. The summed E-state index contributed by atoms with van der Waals surface area (Å²) >= 11 is 3.44. The van der Waals surface area contributed by atoms with Gasteiger partial charge in [-0.05, 0) is 71.8 Å². The number of aryl methyl sites for hydroxylation is 1. The normalized spacial score (nSPS) is 14.8. The number of amides is 4. The summed E-state index contributed by atoms with van der Waals surface area (Å²) < 4.78 is 6.93. The first-order valence-electron chi connectivity index (χ1n) is 11.4. The van der Waals surface area contributed by atoms with Crippen LogP contribution in [0.4, 0.5) is 10.5 Å². The van der Waals surface area contributed by atoms with E-state index in [4.69, 9.17) is 4.74 Å². The van der Waals surface area contributed by atoms with Crippen molar-refractivity contribution < 1.29 is 24.2 Å². The van der Waals surface area contributed by atoms with Crippen LogP contribution in [0.25, 0.3) is 16.8 Å². The summed E-state index contributed by atoms with van der Waals surface area (Å²) in [6.45, 7) is 2.30. The van der Waals surface area contributed by atoms with Gasteiger partial charge in [0.15, 0.2) is 0 Å². The summed E-state index contributed by atoms with van der Waals surface area (Å²) in [4.78, 5) is 39.3. The number of aromatic hydroxyl groups is 1. The van der Waals surface area contributed by atoms with Crippen molar-refractivity contribution in [3.05, 3.63) is 106 Å². The van der Waals surface area contributed by atoms with E-state index < -0.39 is 17.8 Å². The number of imide groups is 2. The molecule has 0 atom stereocenters. The number of carbonyl (C=O) groups excluding carboxylic acids is 3. The number of urea groups is 1. The summed E-state index contributed by atoms with van der Waals surface area (Å²) in [6, 6.07) is 22.1. The van der Waals surface area contributed by atoms with E-state index in [0.29, 0.717) is 11.3 Å². The molecule has 0 bridgehead atoms. The number of halogens is 1. The quantitative estimate of drug-likeness (QED) is 0.237. The second-order valence-corrected chi connectivity index (χ2v) is 9.44. The lowest BCUT2D eigenvalue weighted by atomic mass is 10.0. The second-order valence-electron chi connectivity index (χ2n) is 8.53. The largest absolute Gasteiger partial charge is 0.508 e. The van der Waals surface area contributed by atoms with E-state index >= 15 is 0 Å². The molecule has 0 unspecified atom stereocenters. The molecule has 0 saturated carbocycles. The Labute approximate surface area is 221 Å². The molecule has 4 amide bonds. The summed E-state index contributed by atoms with van der Waals surface area (Å²) in [5.74, 6) is -1.13. The molecule has 8 heteroatoms. The van der Waals surface area contributed by atoms with Gasteiger partial charge in [0.25, 0.3) is 11.8 Å². The molecule has 1 saturated heterocycles. The third kappa shape index (κ3) is 4.83. The maximum Gasteiger partial charge on any atom is 0.335 e. The molecule has 0 spiro atoms. The molecular formula is C29H21BrN2O5. The Morgan fingerprint density at radius 2 is 1.73 bits per heavy atom. The predicted octanol–water partition coefficient (Wildman–Crippen LogP) is 5.86. The molecule has 7 nitrogen and oxygen atoms in total. The van der Waals surface area contributed by atoms with Crippen molar-refractivity contribution in [1.29, 1.82) is 0 Å². The number of phenolic OH excluding ortho intramolecular Hbond substituents is 1. The van der Waals surface area contributed by atoms with Crippen molar-refractivity contribution in [2.75, 3.05) is 4.90 Å². The zero-order valence-electron chi connectivity index (χ0n) is 19.7. The molecule has 4 aromatic carbocycles.